The number of fused-ring (bicyclic) bond motifs is 1. The number of H-pyrrole nitrogens is 1. The molecule has 3 rings (SSSR count). The van der Waals surface area contributed by atoms with Crippen LogP contribution in [0.25, 0.3) is 10.9 Å². The summed E-state index contributed by atoms with van der Waals surface area (Å²) >= 11 is 5.81. The highest BCUT2D eigenvalue weighted by Gasteiger charge is 2.11. The van der Waals surface area contributed by atoms with Gasteiger partial charge in [0, 0.05) is 16.6 Å². The molecule has 5 heteroatoms. The van der Waals surface area contributed by atoms with Crippen molar-refractivity contribution in [2.75, 3.05) is 0 Å². The number of aromatic nitrogens is 1. The second kappa shape index (κ2) is 5.66. The molecule has 0 unspecified atom stereocenters. The van der Waals surface area contributed by atoms with Crippen LogP contribution in [-0.2, 0) is 0 Å². The van der Waals surface area contributed by atoms with E-state index >= 15 is 0 Å². The molecule has 3 aromatic rings. The summed E-state index contributed by atoms with van der Waals surface area (Å²) in [6.45, 7) is 1.87. The lowest BCUT2D eigenvalue weighted by molar-refractivity contribution is 0.479. The van der Waals surface area contributed by atoms with Crippen LogP contribution in [0.4, 0.5) is 5.69 Å². The monoisotopic (exact) mass is 312 g/mol. The summed E-state index contributed by atoms with van der Waals surface area (Å²) in [7, 11) is 0. The van der Waals surface area contributed by atoms with Crippen molar-refractivity contribution in [1.82, 2.24) is 4.98 Å². The maximum absolute atomic E-state index is 12.2. The van der Waals surface area contributed by atoms with E-state index in [1.54, 1.807) is 30.3 Å². The zero-order valence-corrected chi connectivity index (χ0v) is 12.6. The fourth-order valence-electron chi connectivity index (χ4n) is 2.25. The highest BCUT2D eigenvalue weighted by molar-refractivity contribution is 6.30. The Morgan fingerprint density at radius 2 is 1.91 bits per heavy atom. The number of nitrogens with one attached hydrogen (secondary N) is 1. The molecule has 2 aromatic carbocycles. The average molecular weight is 313 g/mol. The topological polar surface area (TPSA) is 65.5 Å². The van der Waals surface area contributed by atoms with Crippen LogP contribution in [-0.4, -0.2) is 16.3 Å². The molecule has 0 saturated heterocycles. The van der Waals surface area contributed by atoms with Crippen molar-refractivity contribution < 1.29 is 5.11 Å². The highest BCUT2D eigenvalue weighted by atomic mass is 35.5. The van der Waals surface area contributed by atoms with Gasteiger partial charge in [-0.05, 0) is 42.8 Å². The second-order valence-corrected chi connectivity index (χ2v) is 5.38. The Morgan fingerprint density at radius 1 is 1.18 bits per heavy atom. The van der Waals surface area contributed by atoms with E-state index in [1.165, 1.54) is 6.21 Å². The van der Waals surface area contributed by atoms with Crippen molar-refractivity contribution in [2.24, 2.45) is 4.99 Å². The molecule has 110 valence electrons. The third kappa shape index (κ3) is 2.61. The standard InChI is InChI=1S/C17H13ClN2O2/c1-10-3-2-4-13-15(10)20-17(22)14(16(13)21)9-19-12-7-5-11(18)6-8-12/h2-9H,1H3,(H2,20,21,22). The molecule has 1 aromatic heterocycles. The number of aromatic hydroxyl groups is 1. The van der Waals surface area contributed by atoms with Crippen LogP contribution in [0, 0.1) is 6.92 Å². The molecule has 0 bridgehead atoms. The minimum atomic E-state index is -0.378. The molecular formula is C17H13ClN2O2. The quantitative estimate of drug-likeness (QED) is 0.704. The first-order valence-electron chi connectivity index (χ1n) is 6.70. The summed E-state index contributed by atoms with van der Waals surface area (Å²) in [6, 6.07) is 12.3. The van der Waals surface area contributed by atoms with Crippen molar-refractivity contribution in [3.8, 4) is 5.75 Å². The number of halogens is 1. The van der Waals surface area contributed by atoms with Crippen LogP contribution in [0.1, 0.15) is 11.1 Å². The van der Waals surface area contributed by atoms with Gasteiger partial charge in [-0.3, -0.25) is 9.79 Å². The van der Waals surface area contributed by atoms with Crippen LogP contribution >= 0.6 is 11.6 Å². The third-order valence-electron chi connectivity index (χ3n) is 3.44. The minimum Gasteiger partial charge on any atom is -0.506 e. The molecule has 2 N–H and O–H groups in total. The van der Waals surface area contributed by atoms with Crippen molar-refractivity contribution >= 4 is 34.4 Å². The molecule has 4 nitrogen and oxygen atoms in total. The van der Waals surface area contributed by atoms with Gasteiger partial charge < -0.3 is 10.1 Å². The van der Waals surface area contributed by atoms with Gasteiger partial charge in [0.1, 0.15) is 11.3 Å². The number of aliphatic imine (C=N–C) groups is 1. The van der Waals surface area contributed by atoms with Gasteiger partial charge in [-0.1, -0.05) is 23.7 Å². The van der Waals surface area contributed by atoms with E-state index in [0.29, 0.717) is 21.6 Å². The zero-order chi connectivity index (χ0) is 15.7. The molecule has 0 aliphatic carbocycles. The smallest absolute Gasteiger partial charge is 0.261 e. The molecule has 0 fully saturated rings. The predicted octanol–water partition coefficient (Wildman–Crippen LogP) is 3.95. The van der Waals surface area contributed by atoms with Gasteiger partial charge in [-0.25, -0.2) is 0 Å². The molecule has 1 heterocycles. The number of benzene rings is 2. The lowest BCUT2D eigenvalue weighted by Gasteiger charge is -2.06. The summed E-state index contributed by atoms with van der Waals surface area (Å²) in [4.78, 5) is 19.1. The molecule has 22 heavy (non-hydrogen) atoms. The molecule has 0 spiro atoms. The van der Waals surface area contributed by atoms with Gasteiger partial charge in [0.25, 0.3) is 5.56 Å². The Labute approximate surface area is 131 Å². The Balaban J connectivity index is 2.11. The maximum atomic E-state index is 12.2. The summed E-state index contributed by atoms with van der Waals surface area (Å²) in [5.74, 6) is -0.0693. The largest absolute Gasteiger partial charge is 0.506 e. The van der Waals surface area contributed by atoms with Gasteiger partial charge in [-0.15, -0.1) is 0 Å². The second-order valence-electron chi connectivity index (χ2n) is 4.95. The van der Waals surface area contributed by atoms with E-state index in [0.717, 1.165) is 5.56 Å². The number of pyridine rings is 1. The molecule has 0 amide bonds. The number of aromatic amines is 1. The number of nitrogens with zero attached hydrogens (tertiary/aromatic N) is 1. The fourth-order valence-corrected chi connectivity index (χ4v) is 2.38. The molecule has 0 aliphatic rings. The van der Waals surface area contributed by atoms with Crippen LogP contribution in [0.2, 0.25) is 5.02 Å². The van der Waals surface area contributed by atoms with Gasteiger partial charge in [0.2, 0.25) is 0 Å². The SMILES string of the molecule is Cc1cccc2c(O)c(C=Nc3ccc(Cl)cc3)c(=O)[nH]c12. The van der Waals surface area contributed by atoms with E-state index < -0.39 is 0 Å². The Hall–Kier alpha value is -2.59. The fraction of sp³-hybridized carbons (Fsp3) is 0.0588. The first kappa shape index (κ1) is 14.4. The summed E-state index contributed by atoms with van der Waals surface area (Å²) in [5, 5.41) is 11.6. The lowest BCUT2D eigenvalue weighted by atomic mass is 10.1. The van der Waals surface area contributed by atoms with Gasteiger partial charge in [-0.2, -0.15) is 0 Å². The minimum absolute atomic E-state index is 0.0693. The maximum Gasteiger partial charge on any atom is 0.261 e. The van der Waals surface area contributed by atoms with E-state index in [1.807, 2.05) is 19.1 Å². The van der Waals surface area contributed by atoms with E-state index in [-0.39, 0.29) is 16.9 Å². The number of para-hydroxylation sites is 1. The summed E-state index contributed by atoms with van der Waals surface area (Å²) in [5.41, 5.74) is 1.93. The van der Waals surface area contributed by atoms with Crippen LogP contribution < -0.4 is 5.56 Å². The first-order valence-corrected chi connectivity index (χ1v) is 7.08. The van der Waals surface area contributed by atoms with E-state index in [9.17, 15) is 9.90 Å². The van der Waals surface area contributed by atoms with Crippen molar-refractivity contribution in [2.45, 2.75) is 6.92 Å². The van der Waals surface area contributed by atoms with Gasteiger partial charge >= 0.3 is 0 Å². The zero-order valence-electron chi connectivity index (χ0n) is 11.8. The molecule has 0 aliphatic heterocycles. The third-order valence-corrected chi connectivity index (χ3v) is 3.69. The van der Waals surface area contributed by atoms with Crippen LogP contribution in [0.5, 0.6) is 5.75 Å². The number of hydrogen-bond acceptors (Lipinski definition) is 3. The predicted molar refractivity (Wildman–Crippen MR) is 89.7 cm³/mol. The van der Waals surface area contributed by atoms with Crippen molar-refractivity contribution in [3.63, 3.8) is 0 Å². The van der Waals surface area contributed by atoms with Crippen molar-refractivity contribution in [1.29, 1.82) is 0 Å². The van der Waals surface area contributed by atoms with E-state index in [2.05, 4.69) is 9.98 Å². The average Bonchev–Trinajstić information content (AvgIpc) is 2.50. The van der Waals surface area contributed by atoms with E-state index in [4.69, 9.17) is 11.6 Å². The Kier molecular flexibility index (Phi) is 3.69. The first-order chi connectivity index (χ1) is 10.6. The summed E-state index contributed by atoms with van der Waals surface area (Å²) < 4.78 is 0. The van der Waals surface area contributed by atoms with Gasteiger partial charge in [0.05, 0.1) is 11.2 Å². The number of hydrogen-bond donors (Lipinski definition) is 2. The van der Waals surface area contributed by atoms with Gasteiger partial charge in [0.15, 0.2) is 0 Å². The lowest BCUT2D eigenvalue weighted by Crippen LogP contribution is -2.12. The number of rotatable bonds is 2. The molecule has 0 saturated carbocycles. The molecule has 0 radical (unpaired) electrons. The molecule has 0 atom stereocenters. The normalized spacial score (nSPS) is 11.4. The summed E-state index contributed by atoms with van der Waals surface area (Å²) in [6.07, 6.45) is 1.36. The number of aryl methyl sites for hydroxylation is 1. The van der Waals surface area contributed by atoms with Crippen LogP contribution in [0.3, 0.4) is 0 Å². The van der Waals surface area contributed by atoms with Crippen LogP contribution in [0.15, 0.2) is 52.3 Å². The Bertz CT molecular complexity index is 928. The Morgan fingerprint density at radius 3 is 2.64 bits per heavy atom. The highest BCUT2D eigenvalue weighted by Crippen LogP contribution is 2.26. The van der Waals surface area contributed by atoms with Crippen molar-refractivity contribution in [3.05, 3.63) is 69.0 Å². The molecular weight excluding hydrogens is 300 g/mol.